The van der Waals surface area contributed by atoms with Crippen LogP contribution in [0, 0.1) is 6.92 Å². The number of nitrogens with zero attached hydrogens (tertiary/aromatic N) is 3. The number of hydrogen-bond donors (Lipinski definition) is 1. The minimum Gasteiger partial charge on any atom is -0.477 e. The van der Waals surface area contributed by atoms with Gasteiger partial charge in [-0.1, -0.05) is 29.8 Å². The van der Waals surface area contributed by atoms with Crippen LogP contribution in [0.1, 0.15) is 16.1 Å². The third-order valence-electron chi connectivity index (χ3n) is 3.11. The normalized spacial score (nSPS) is 11.0. The molecule has 20 heavy (non-hydrogen) atoms. The summed E-state index contributed by atoms with van der Waals surface area (Å²) in [7, 11) is 3.90. The van der Waals surface area contributed by atoms with E-state index < -0.39 is 5.97 Å². The molecule has 5 heteroatoms. The molecule has 1 heterocycles. The summed E-state index contributed by atoms with van der Waals surface area (Å²) in [5.41, 5.74) is 3.02. The lowest BCUT2D eigenvalue weighted by Crippen LogP contribution is -2.21. The molecule has 0 spiro atoms. The summed E-state index contributed by atoms with van der Waals surface area (Å²) in [5.74, 6) is -0.949. The van der Waals surface area contributed by atoms with Gasteiger partial charge in [-0.15, -0.1) is 0 Å². The van der Waals surface area contributed by atoms with Crippen molar-refractivity contribution >= 4 is 5.97 Å². The van der Waals surface area contributed by atoms with Gasteiger partial charge in [-0.2, -0.15) is 5.10 Å². The Hall–Kier alpha value is -2.14. The molecule has 1 aromatic heterocycles. The minimum absolute atomic E-state index is 0.224. The van der Waals surface area contributed by atoms with Gasteiger partial charge in [0.1, 0.15) is 5.69 Å². The Bertz CT molecular complexity index is 600. The summed E-state index contributed by atoms with van der Waals surface area (Å²) in [5, 5.41) is 13.7. The molecule has 2 rings (SSSR count). The molecule has 0 amide bonds. The first-order chi connectivity index (χ1) is 9.47. The summed E-state index contributed by atoms with van der Waals surface area (Å²) in [6, 6.07) is 9.53. The first-order valence-corrected chi connectivity index (χ1v) is 6.50. The van der Waals surface area contributed by atoms with E-state index in [9.17, 15) is 9.90 Å². The fourth-order valence-electron chi connectivity index (χ4n) is 1.92. The number of carboxylic acid groups (broad SMARTS) is 1. The number of carbonyl (C=O) groups is 1. The molecule has 2 aromatic rings. The molecule has 106 valence electrons. The van der Waals surface area contributed by atoms with E-state index in [1.54, 1.807) is 10.7 Å². The van der Waals surface area contributed by atoms with Crippen LogP contribution in [-0.2, 0) is 6.54 Å². The Balaban J connectivity index is 2.33. The van der Waals surface area contributed by atoms with Crippen molar-refractivity contribution in [1.29, 1.82) is 0 Å². The molecule has 0 fully saturated rings. The predicted molar refractivity (Wildman–Crippen MR) is 77.9 cm³/mol. The van der Waals surface area contributed by atoms with Crippen molar-refractivity contribution in [3.05, 3.63) is 41.6 Å². The molecule has 1 aromatic carbocycles. The summed E-state index contributed by atoms with van der Waals surface area (Å²) >= 11 is 0. The van der Waals surface area contributed by atoms with Crippen LogP contribution in [-0.4, -0.2) is 46.4 Å². The molecule has 0 saturated carbocycles. The highest BCUT2D eigenvalue weighted by Crippen LogP contribution is 2.20. The van der Waals surface area contributed by atoms with Crippen LogP contribution in [0.5, 0.6) is 0 Å². The van der Waals surface area contributed by atoms with E-state index in [1.807, 2.05) is 50.2 Å². The molecular formula is C15H19N3O2. The summed E-state index contributed by atoms with van der Waals surface area (Å²) in [6.07, 6.45) is 0. The molecule has 0 aliphatic rings. The average molecular weight is 273 g/mol. The van der Waals surface area contributed by atoms with E-state index in [-0.39, 0.29) is 5.69 Å². The molecule has 0 atom stereocenters. The Morgan fingerprint density at radius 1 is 1.30 bits per heavy atom. The number of aromatic nitrogens is 2. The topological polar surface area (TPSA) is 58.4 Å². The smallest absolute Gasteiger partial charge is 0.354 e. The van der Waals surface area contributed by atoms with E-state index in [0.29, 0.717) is 12.2 Å². The maximum Gasteiger partial charge on any atom is 0.354 e. The van der Waals surface area contributed by atoms with Gasteiger partial charge in [-0.3, -0.25) is 4.68 Å². The van der Waals surface area contributed by atoms with Gasteiger partial charge in [0, 0.05) is 12.1 Å². The van der Waals surface area contributed by atoms with Crippen molar-refractivity contribution in [3.8, 4) is 11.3 Å². The monoisotopic (exact) mass is 273 g/mol. The van der Waals surface area contributed by atoms with E-state index in [1.165, 1.54) is 5.56 Å². The minimum atomic E-state index is -0.949. The van der Waals surface area contributed by atoms with Gasteiger partial charge in [0.05, 0.1) is 12.2 Å². The van der Waals surface area contributed by atoms with Crippen LogP contribution >= 0.6 is 0 Å². The molecule has 5 nitrogen and oxygen atoms in total. The number of rotatable bonds is 5. The van der Waals surface area contributed by atoms with E-state index in [2.05, 4.69) is 5.10 Å². The van der Waals surface area contributed by atoms with Gasteiger partial charge >= 0.3 is 5.97 Å². The van der Waals surface area contributed by atoms with Gasteiger partial charge in [0.2, 0.25) is 0 Å². The predicted octanol–water partition coefficient (Wildman–Crippen LogP) is 2.12. The Morgan fingerprint density at radius 3 is 2.50 bits per heavy atom. The number of carboxylic acids is 1. The van der Waals surface area contributed by atoms with Crippen LogP contribution in [0.2, 0.25) is 0 Å². The number of likely N-dealkylation sites (N-methyl/N-ethyl adjacent to an activating group) is 1. The number of aryl methyl sites for hydroxylation is 1. The Morgan fingerprint density at radius 2 is 1.95 bits per heavy atom. The molecule has 0 saturated heterocycles. The van der Waals surface area contributed by atoms with Gasteiger partial charge in [-0.25, -0.2) is 4.79 Å². The first kappa shape index (κ1) is 14.3. The lowest BCUT2D eigenvalue weighted by molar-refractivity contribution is 0.0682. The van der Waals surface area contributed by atoms with Crippen LogP contribution in [0.4, 0.5) is 0 Å². The van der Waals surface area contributed by atoms with E-state index in [0.717, 1.165) is 12.1 Å². The Labute approximate surface area is 118 Å². The number of benzene rings is 1. The second kappa shape index (κ2) is 5.88. The molecule has 0 bridgehead atoms. The fraction of sp³-hybridized carbons (Fsp3) is 0.333. The van der Waals surface area contributed by atoms with Crippen molar-refractivity contribution in [1.82, 2.24) is 14.7 Å². The fourth-order valence-corrected chi connectivity index (χ4v) is 1.92. The molecular weight excluding hydrogens is 254 g/mol. The second-order valence-corrected chi connectivity index (χ2v) is 5.11. The largest absolute Gasteiger partial charge is 0.477 e. The SMILES string of the molecule is Cc1ccc(-c2cc(C(=O)O)n(CCN(C)C)n2)cc1. The van der Waals surface area contributed by atoms with Crippen molar-refractivity contribution in [3.63, 3.8) is 0 Å². The van der Waals surface area contributed by atoms with Crippen molar-refractivity contribution < 1.29 is 9.90 Å². The molecule has 0 unspecified atom stereocenters. The van der Waals surface area contributed by atoms with Crippen molar-refractivity contribution in [2.24, 2.45) is 0 Å². The van der Waals surface area contributed by atoms with Gasteiger partial charge in [0.25, 0.3) is 0 Å². The summed E-state index contributed by atoms with van der Waals surface area (Å²) in [4.78, 5) is 13.3. The van der Waals surface area contributed by atoms with Crippen molar-refractivity contribution in [2.75, 3.05) is 20.6 Å². The highest BCUT2D eigenvalue weighted by Gasteiger charge is 2.15. The zero-order valence-corrected chi connectivity index (χ0v) is 12.0. The maximum atomic E-state index is 11.3. The zero-order chi connectivity index (χ0) is 14.7. The van der Waals surface area contributed by atoms with Gasteiger partial charge in [-0.05, 0) is 27.1 Å². The van der Waals surface area contributed by atoms with Crippen LogP contribution in [0.25, 0.3) is 11.3 Å². The standard InChI is InChI=1S/C15H19N3O2/c1-11-4-6-12(7-5-11)13-10-14(15(19)20)18(16-13)9-8-17(2)3/h4-7,10H,8-9H2,1-3H3,(H,19,20). The summed E-state index contributed by atoms with van der Waals surface area (Å²) in [6.45, 7) is 3.32. The quantitative estimate of drug-likeness (QED) is 0.906. The number of aromatic carboxylic acids is 1. The second-order valence-electron chi connectivity index (χ2n) is 5.11. The maximum absolute atomic E-state index is 11.3. The zero-order valence-electron chi connectivity index (χ0n) is 12.0. The number of hydrogen-bond acceptors (Lipinski definition) is 3. The average Bonchev–Trinajstić information content (AvgIpc) is 2.81. The highest BCUT2D eigenvalue weighted by molar-refractivity contribution is 5.87. The van der Waals surface area contributed by atoms with E-state index in [4.69, 9.17) is 0 Å². The highest BCUT2D eigenvalue weighted by atomic mass is 16.4. The molecule has 0 radical (unpaired) electrons. The summed E-state index contributed by atoms with van der Waals surface area (Å²) < 4.78 is 1.55. The molecule has 0 aliphatic heterocycles. The van der Waals surface area contributed by atoms with Gasteiger partial charge in [0.15, 0.2) is 0 Å². The van der Waals surface area contributed by atoms with Crippen molar-refractivity contribution in [2.45, 2.75) is 13.5 Å². The van der Waals surface area contributed by atoms with Crippen LogP contribution < -0.4 is 0 Å². The molecule has 1 N–H and O–H groups in total. The van der Waals surface area contributed by atoms with Gasteiger partial charge < -0.3 is 10.0 Å². The third kappa shape index (κ3) is 3.24. The lowest BCUT2D eigenvalue weighted by atomic mass is 10.1. The lowest BCUT2D eigenvalue weighted by Gasteiger charge is -2.10. The van der Waals surface area contributed by atoms with Crippen LogP contribution in [0.15, 0.2) is 30.3 Å². The van der Waals surface area contributed by atoms with E-state index >= 15 is 0 Å². The Kier molecular flexibility index (Phi) is 4.20. The van der Waals surface area contributed by atoms with Crippen LogP contribution in [0.3, 0.4) is 0 Å². The molecule has 0 aliphatic carbocycles. The third-order valence-corrected chi connectivity index (χ3v) is 3.11. The first-order valence-electron chi connectivity index (χ1n) is 6.50.